The maximum absolute atomic E-state index is 12.7. The first-order chi connectivity index (χ1) is 11.7. The summed E-state index contributed by atoms with van der Waals surface area (Å²) in [5.41, 5.74) is 2.85. The average molecular weight is 342 g/mol. The summed E-state index contributed by atoms with van der Waals surface area (Å²) >= 11 is 0. The second-order valence-corrected chi connectivity index (χ2v) is 6.95. The van der Waals surface area contributed by atoms with Crippen molar-refractivity contribution in [3.8, 4) is 5.75 Å². The predicted octanol–water partition coefficient (Wildman–Crippen LogP) is 4.65. The number of aromatic nitrogens is 1. The summed E-state index contributed by atoms with van der Waals surface area (Å²) in [7, 11) is 1.64. The molecule has 0 aliphatic carbocycles. The Morgan fingerprint density at radius 2 is 1.80 bits per heavy atom. The first kappa shape index (κ1) is 18.8. The zero-order valence-electron chi connectivity index (χ0n) is 15.8. The number of ether oxygens (including phenoxy) is 2. The smallest absolute Gasteiger partial charge is 0.415 e. The summed E-state index contributed by atoms with van der Waals surface area (Å²) in [6.07, 6.45) is 1.36. The molecule has 0 aliphatic rings. The van der Waals surface area contributed by atoms with E-state index in [2.05, 4.69) is 4.98 Å². The number of aryl methyl sites for hydroxylation is 1. The molecule has 1 aromatic heterocycles. The van der Waals surface area contributed by atoms with Gasteiger partial charge in [0.25, 0.3) is 0 Å². The Morgan fingerprint density at radius 1 is 1.16 bits per heavy atom. The fraction of sp³-hybridized carbons (Fsp3) is 0.400. The van der Waals surface area contributed by atoms with E-state index in [-0.39, 0.29) is 0 Å². The quantitative estimate of drug-likeness (QED) is 0.811. The zero-order chi connectivity index (χ0) is 18.6. The summed E-state index contributed by atoms with van der Waals surface area (Å²) in [6, 6.07) is 9.45. The van der Waals surface area contributed by atoms with Crippen LogP contribution in [0.25, 0.3) is 0 Å². The van der Waals surface area contributed by atoms with Crippen LogP contribution in [0.4, 0.5) is 10.5 Å². The lowest BCUT2D eigenvalue weighted by Gasteiger charge is -2.28. The molecule has 1 aromatic carbocycles. The fourth-order valence-corrected chi connectivity index (χ4v) is 2.57. The van der Waals surface area contributed by atoms with Crippen LogP contribution >= 0.6 is 0 Å². The first-order valence-corrected chi connectivity index (χ1v) is 8.27. The molecule has 0 atom stereocenters. The Morgan fingerprint density at radius 3 is 2.36 bits per heavy atom. The van der Waals surface area contributed by atoms with Gasteiger partial charge in [0.05, 0.1) is 19.3 Å². The molecule has 1 heterocycles. The van der Waals surface area contributed by atoms with Gasteiger partial charge >= 0.3 is 6.09 Å². The molecule has 0 saturated carbocycles. The van der Waals surface area contributed by atoms with Crippen LogP contribution in [0.2, 0.25) is 0 Å². The molecule has 0 N–H and O–H groups in total. The van der Waals surface area contributed by atoms with E-state index in [0.717, 1.165) is 28.3 Å². The minimum atomic E-state index is -0.572. The number of pyridine rings is 1. The highest BCUT2D eigenvalue weighted by Crippen LogP contribution is 2.27. The number of carbonyl (C=O) groups is 1. The average Bonchev–Trinajstić information content (AvgIpc) is 2.54. The van der Waals surface area contributed by atoms with Gasteiger partial charge in [0.15, 0.2) is 0 Å². The second-order valence-electron chi connectivity index (χ2n) is 6.95. The number of carbonyl (C=O) groups excluding carboxylic acids is 1. The molecular formula is C20H26N2O3. The van der Waals surface area contributed by atoms with E-state index >= 15 is 0 Å². The van der Waals surface area contributed by atoms with Gasteiger partial charge in [-0.05, 0) is 46.8 Å². The largest absolute Gasteiger partial charge is 0.496 e. The molecule has 0 radical (unpaired) electrons. The minimum Gasteiger partial charge on any atom is -0.496 e. The van der Waals surface area contributed by atoms with Crippen LogP contribution < -0.4 is 9.64 Å². The van der Waals surface area contributed by atoms with Crippen LogP contribution in [-0.2, 0) is 11.3 Å². The van der Waals surface area contributed by atoms with Crippen LogP contribution in [0.5, 0.6) is 5.75 Å². The Kier molecular flexibility index (Phi) is 5.67. The van der Waals surface area contributed by atoms with Crippen molar-refractivity contribution in [3.05, 3.63) is 53.3 Å². The van der Waals surface area contributed by atoms with Crippen LogP contribution in [0.1, 0.15) is 37.6 Å². The van der Waals surface area contributed by atoms with Crippen LogP contribution in [0, 0.1) is 13.8 Å². The standard InChI is InChI=1S/C20H26N2O3/c1-14-12-21-17(15(2)18(14)24-6)13-22(16-10-8-7-9-11-16)19(23)25-20(3,4)5/h7-12H,13H2,1-6H3. The molecule has 134 valence electrons. The van der Waals surface area contributed by atoms with Crippen molar-refractivity contribution in [2.45, 2.75) is 46.8 Å². The van der Waals surface area contributed by atoms with E-state index in [0.29, 0.717) is 6.54 Å². The Balaban J connectivity index is 2.39. The SMILES string of the molecule is COc1c(C)cnc(CN(C(=O)OC(C)(C)C)c2ccccc2)c1C. The van der Waals surface area contributed by atoms with Gasteiger partial charge in [-0.15, -0.1) is 0 Å². The van der Waals surface area contributed by atoms with Crippen molar-refractivity contribution in [2.24, 2.45) is 0 Å². The lowest BCUT2D eigenvalue weighted by molar-refractivity contribution is 0.0577. The Labute approximate surface area is 149 Å². The van der Waals surface area contributed by atoms with Gasteiger partial charge in [0, 0.05) is 23.0 Å². The molecular weight excluding hydrogens is 316 g/mol. The summed E-state index contributed by atoms with van der Waals surface area (Å²) < 4.78 is 11.0. The van der Waals surface area contributed by atoms with Gasteiger partial charge in [0.2, 0.25) is 0 Å². The van der Waals surface area contributed by atoms with E-state index in [1.54, 1.807) is 18.2 Å². The number of rotatable bonds is 4. The third kappa shape index (κ3) is 4.72. The van der Waals surface area contributed by atoms with Gasteiger partial charge in [-0.25, -0.2) is 4.79 Å². The lowest BCUT2D eigenvalue weighted by Crippen LogP contribution is -2.37. The van der Waals surface area contributed by atoms with E-state index in [1.165, 1.54) is 0 Å². The molecule has 0 unspecified atom stereocenters. The Hall–Kier alpha value is -2.56. The highest BCUT2D eigenvalue weighted by molar-refractivity contribution is 5.87. The Bertz CT molecular complexity index is 737. The highest BCUT2D eigenvalue weighted by Gasteiger charge is 2.25. The van der Waals surface area contributed by atoms with E-state index in [9.17, 15) is 4.79 Å². The van der Waals surface area contributed by atoms with Gasteiger partial charge in [-0.3, -0.25) is 9.88 Å². The van der Waals surface area contributed by atoms with Crippen molar-refractivity contribution >= 4 is 11.8 Å². The van der Waals surface area contributed by atoms with E-state index < -0.39 is 11.7 Å². The summed E-state index contributed by atoms with van der Waals surface area (Å²) in [5.74, 6) is 0.794. The maximum Gasteiger partial charge on any atom is 0.415 e. The zero-order valence-corrected chi connectivity index (χ0v) is 15.8. The topological polar surface area (TPSA) is 51.7 Å². The molecule has 5 nitrogen and oxygen atoms in total. The number of nitrogens with zero attached hydrogens (tertiary/aromatic N) is 2. The second kappa shape index (κ2) is 7.55. The number of hydrogen-bond acceptors (Lipinski definition) is 4. The molecule has 0 aliphatic heterocycles. The van der Waals surface area contributed by atoms with Gasteiger partial charge in [-0.2, -0.15) is 0 Å². The summed E-state index contributed by atoms with van der Waals surface area (Å²) in [4.78, 5) is 18.8. The third-order valence-electron chi connectivity index (χ3n) is 3.74. The summed E-state index contributed by atoms with van der Waals surface area (Å²) in [6.45, 7) is 9.77. The molecule has 1 amide bonds. The van der Waals surface area contributed by atoms with Crippen molar-refractivity contribution in [1.82, 2.24) is 4.98 Å². The normalized spacial score (nSPS) is 11.1. The van der Waals surface area contributed by atoms with Crippen molar-refractivity contribution < 1.29 is 14.3 Å². The number of para-hydroxylation sites is 1. The molecule has 0 fully saturated rings. The predicted molar refractivity (Wildman–Crippen MR) is 99.1 cm³/mol. The maximum atomic E-state index is 12.7. The molecule has 0 bridgehead atoms. The molecule has 5 heteroatoms. The number of benzene rings is 1. The van der Waals surface area contributed by atoms with Crippen LogP contribution in [-0.4, -0.2) is 23.8 Å². The molecule has 0 spiro atoms. The van der Waals surface area contributed by atoms with E-state index in [4.69, 9.17) is 9.47 Å². The monoisotopic (exact) mass is 342 g/mol. The number of amides is 1. The molecule has 2 rings (SSSR count). The molecule has 25 heavy (non-hydrogen) atoms. The van der Waals surface area contributed by atoms with Crippen LogP contribution in [0.3, 0.4) is 0 Å². The molecule has 0 saturated heterocycles. The fourth-order valence-electron chi connectivity index (χ4n) is 2.57. The van der Waals surface area contributed by atoms with Crippen LogP contribution in [0.15, 0.2) is 36.5 Å². The first-order valence-electron chi connectivity index (χ1n) is 8.27. The van der Waals surface area contributed by atoms with Gasteiger partial charge in [-0.1, -0.05) is 18.2 Å². The third-order valence-corrected chi connectivity index (χ3v) is 3.74. The van der Waals surface area contributed by atoms with Gasteiger partial charge in [0.1, 0.15) is 11.4 Å². The minimum absolute atomic E-state index is 0.307. The lowest BCUT2D eigenvalue weighted by atomic mass is 10.1. The summed E-state index contributed by atoms with van der Waals surface area (Å²) in [5, 5.41) is 0. The van der Waals surface area contributed by atoms with E-state index in [1.807, 2.05) is 65.0 Å². The number of hydrogen-bond donors (Lipinski definition) is 0. The van der Waals surface area contributed by atoms with Crippen molar-refractivity contribution in [1.29, 1.82) is 0 Å². The number of anilines is 1. The number of methoxy groups -OCH3 is 1. The van der Waals surface area contributed by atoms with Gasteiger partial charge < -0.3 is 9.47 Å². The van der Waals surface area contributed by atoms with Crippen molar-refractivity contribution in [3.63, 3.8) is 0 Å². The van der Waals surface area contributed by atoms with Crippen molar-refractivity contribution in [2.75, 3.05) is 12.0 Å². The highest BCUT2D eigenvalue weighted by atomic mass is 16.6. The molecule has 2 aromatic rings.